The predicted molar refractivity (Wildman–Crippen MR) is 76.5 cm³/mol. The second kappa shape index (κ2) is 6.29. The fourth-order valence-electron chi connectivity index (χ4n) is 3.07. The number of halogens is 1. The van der Waals surface area contributed by atoms with Gasteiger partial charge in [-0.05, 0) is 46.5 Å². The van der Waals surface area contributed by atoms with Crippen LogP contribution in [0.1, 0.15) is 46.5 Å². The van der Waals surface area contributed by atoms with Crippen molar-refractivity contribution in [3.05, 3.63) is 0 Å². The number of hydrogen-bond acceptors (Lipinski definition) is 3. The number of amides is 1. The number of hydrogen-bond donors (Lipinski definition) is 1. The number of ether oxygens (including phenoxy) is 1. The quantitative estimate of drug-likeness (QED) is 0.867. The van der Waals surface area contributed by atoms with E-state index in [-0.39, 0.29) is 24.7 Å². The van der Waals surface area contributed by atoms with Gasteiger partial charge >= 0.3 is 6.09 Å². The van der Waals surface area contributed by atoms with E-state index in [2.05, 4.69) is 10.2 Å². The molecule has 0 aromatic carbocycles. The highest BCUT2D eigenvalue weighted by atomic mass is 19.1. The number of likely N-dealkylation sites (tertiary alicyclic amines) is 1. The second-order valence-electron chi connectivity index (χ2n) is 7.13. The number of nitrogens with zero attached hydrogens (tertiary/aromatic N) is 1. The Hall–Kier alpha value is -0.840. The van der Waals surface area contributed by atoms with Crippen LogP contribution in [-0.4, -0.2) is 48.4 Å². The molecule has 2 rings (SSSR count). The first-order valence-corrected chi connectivity index (χ1v) is 7.67. The van der Waals surface area contributed by atoms with Crippen LogP contribution in [0.25, 0.3) is 0 Å². The highest BCUT2D eigenvalue weighted by Crippen LogP contribution is 2.29. The average Bonchev–Trinajstić information content (AvgIpc) is 2.27. The van der Waals surface area contributed by atoms with Crippen LogP contribution in [0.5, 0.6) is 0 Å². The number of alkyl carbamates (subject to hydrolysis) is 1. The SMILES string of the molecule is CC(C)(C)OC(=O)NC1CCC(N2CC(CF)C2)CC1. The maximum Gasteiger partial charge on any atom is 0.407 e. The van der Waals surface area contributed by atoms with Gasteiger partial charge in [0.15, 0.2) is 0 Å². The molecule has 1 aliphatic carbocycles. The first-order valence-electron chi connectivity index (χ1n) is 7.67. The minimum absolute atomic E-state index is 0.188. The molecule has 116 valence electrons. The van der Waals surface area contributed by atoms with Crippen LogP contribution in [0.15, 0.2) is 0 Å². The van der Waals surface area contributed by atoms with E-state index < -0.39 is 5.60 Å². The molecule has 1 saturated carbocycles. The van der Waals surface area contributed by atoms with Crippen LogP contribution >= 0.6 is 0 Å². The van der Waals surface area contributed by atoms with Gasteiger partial charge in [0.05, 0.1) is 6.67 Å². The lowest BCUT2D eigenvalue weighted by Gasteiger charge is -2.45. The van der Waals surface area contributed by atoms with E-state index in [1.807, 2.05) is 20.8 Å². The molecular formula is C15H27FN2O2. The van der Waals surface area contributed by atoms with Crippen molar-refractivity contribution in [3.63, 3.8) is 0 Å². The van der Waals surface area contributed by atoms with E-state index in [4.69, 9.17) is 4.74 Å². The van der Waals surface area contributed by atoms with Gasteiger partial charge < -0.3 is 10.1 Å². The van der Waals surface area contributed by atoms with Crippen molar-refractivity contribution >= 4 is 6.09 Å². The van der Waals surface area contributed by atoms with Gasteiger partial charge in [-0.3, -0.25) is 9.29 Å². The Morgan fingerprint density at radius 2 is 1.85 bits per heavy atom. The zero-order chi connectivity index (χ0) is 14.8. The monoisotopic (exact) mass is 286 g/mol. The second-order valence-corrected chi connectivity index (χ2v) is 7.13. The summed E-state index contributed by atoms with van der Waals surface area (Å²) in [5.41, 5.74) is -0.444. The lowest BCUT2D eigenvalue weighted by Crippen LogP contribution is -2.54. The Morgan fingerprint density at radius 3 is 2.35 bits per heavy atom. The predicted octanol–water partition coefficient (Wildman–Crippen LogP) is 2.72. The van der Waals surface area contributed by atoms with Crippen molar-refractivity contribution in [2.45, 2.75) is 64.1 Å². The lowest BCUT2D eigenvalue weighted by atomic mass is 9.87. The minimum Gasteiger partial charge on any atom is -0.444 e. The first kappa shape index (κ1) is 15.5. The molecule has 1 amide bonds. The van der Waals surface area contributed by atoms with E-state index in [1.165, 1.54) is 0 Å². The van der Waals surface area contributed by atoms with Gasteiger partial charge in [0.25, 0.3) is 0 Å². The smallest absolute Gasteiger partial charge is 0.407 e. The normalized spacial score (nSPS) is 28.8. The fraction of sp³-hybridized carbons (Fsp3) is 0.933. The van der Waals surface area contributed by atoms with Crippen molar-refractivity contribution < 1.29 is 13.9 Å². The molecule has 0 spiro atoms. The Bertz CT molecular complexity index is 329. The minimum atomic E-state index is -0.444. The van der Waals surface area contributed by atoms with Crippen molar-refractivity contribution in [1.82, 2.24) is 10.2 Å². The lowest BCUT2D eigenvalue weighted by molar-refractivity contribution is 0.0174. The number of alkyl halides is 1. The molecule has 0 radical (unpaired) electrons. The van der Waals surface area contributed by atoms with Gasteiger partial charge in [0.2, 0.25) is 0 Å². The average molecular weight is 286 g/mol. The summed E-state index contributed by atoms with van der Waals surface area (Å²) in [6.07, 6.45) is 3.82. The van der Waals surface area contributed by atoms with Gasteiger partial charge in [-0.25, -0.2) is 4.79 Å². The summed E-state index contributed by atoms with van der Waals surface area (Å²) in [5, 5.41) is 2.95. The van der Waals surface area contributed by atoms with Crippen molar-refractivity contribution in [2.24, 2.45) is 5.92 Å². The highest BCUT2D eigenvalue weighted by molar-refractivity contribution is 5.68. The summed E-state index contributed by atoms with van der Waals surface area (Å²) in [7, 11) is 0. The number of carbonyl (C=O) groups excluding carboxylic acids is 1. The molecule has 5 heteroatoms. The summed E-state index contributed by atoms with van der Waals surface area (Å²) in [4.78, 5) is 14.1. The molecule has 0 unspecified atom stereocenters. The van der Waals surface area contributed by atoms with Crippen molar-refractivity contribution in [2.75, 3.05) is 19.8 Å². The molecular weight excluding hydrogens is 259 g/mol. The summed E-state index contributed by atoms with van der Waals surface area (Å²) >= 11 is 0. The summed E-state index contributed by atoms with van der Waals surface area (Å²) in [6.45, 7) is 7.24. The maximum atomic E-state index is 12.4. The molecule has 1 aliphatic heterocycles. The van der Waals surface area contributed by atoms with Gasteiger partial charge in [-0.15, -0.1) is 0 Å². The molecule has 0 bridgehead atoms. The van der Waals surface area contributed by atoms with E-state index in [0.717, 1.165) is 38.8 Å². The molecule has 20 heavy (non-hydrogen) atoms. The summed E-state index contributed by atoms with van der Waals surface area (Å²) < 4.78 is 17.7. The molecule has 0 aromatic heterocycles. The van der Waals surface area contributed by atoms with Crippen LogP contribution in [0.2, 0.25) is 0 Å². The van der Waals surface area contributed by atoms with E-state index in [9.17, 15) is 9.18 Å². The highest BCUT2D eigenvalue weighted by Gasteiger charge is 2.34. The molecule has 1 N–H and O–H groups in total. The molecule has 0 aromatic rings. The Morgan fingerprint density at radius 1 is 1.25 bits per heavy atom. The van der Waals surface area contributed by atoms with E-state index >= 15 is 0 Å². The van der Waals surface area contributed by atoms with Crippen LogP contribution < -0.4 is 5.32 Å². The number of carbonyl (C=O) groups is 1. The molecule has 1 saturated heterocycles. The topological polar surface area (TPSA) is 41.6 Å². The third kappa shape index (κ3) is 4.33. The molecule has 2 aliphatic rings. The van der Waals surface area contributed by atoms with Gasteiger partial charge in [0.1, 0.15) is 5.60 Å². The molecule has 4 nitrogen and oxygen atoms in total. The Kier molecular flexibility index (Phi) is 4.89. The zero-order valence-electron chi connectivity index (χ0n) is 12.8. The summed E-state index contributed by atoms with van der Waals surface area (Å²) in [5.74, 6) is 0.257. The van der Waals surface area contributed by atoms with Crippen LogP contribution in [0.4, 0.5) is 9.18 Å². The Labute approximate surface area is 121 Å². The van der Waals surface area contributed by atoms with E-state index in [0.29, 0.717) is 6.04 Å². The third-order valence-corrected chi connectivity index (χ3v) is 4.14. The van der Waals surface area contributed by atoms with Crippen LogP contribution in [0.3, 0.4) is 0 Å². The molecule has 0 atom stereocenters. The summed E-state index contributed by atoms with van der Waals surface area (Å²) in [6, 6.07) is 0.800. The van der Waals surface area contributed by atoms with Gasteiger partial charge in [-0.1, -0.05) is 0 Å². The van der Waals surface area contributed by atoms with Gasteiger partial charge in [0, 0.05) is 31.1 Å². The molecule has 1 heterocycles. The standard InChI is InChI=1S/C15H27FN2O2/c1-15(2,3)20-14(19)17-12-4-6-13(7-5-12)18-9-11(8-16)10-18/h11-13H,4-10H2,1-3H3,(H,17,19). The number of rotatable bonds is 3. The first-order chi connectivity index (χ1) is 9.37. The van der Waals surface area contributed by atoms with Crippen LogP contribution in [0, 0.1) is 5.92 Å². The van der Waals surface area contributed by atoms with Crippen molar-refractivity contribution in [1.29, 1.82) is 0 Å². The zero-order valence-corrected chi connectivity index (χ0v) is 12.8. The van der Waals surface area contributed by atoms with E-state index in [1.54, 1.807) is 0 Å². The van der Waals surface area contributed by atoms with Gasteiger partial charge in [-0.2, -0.15) is 0 Å². The third-order valence-electron chi connectivity index (χ3n) is 4.14. The number of nitrogens with one attached hydrogen (secondary N) is 1. The fourth-order valence-corrected chi connectivity index (χ4v) is 3.07. The largest absolute Gasteiger partial charge is 0.444 e. The maximum absolute atomic E-state index is 12.4. The Balaban J connectivity index is 1.66. The van der Waals surface area contributed by atoms with Crippen LogP contribution in [-0.2, 0) is 4.74 Å². The van der Waals surface area contributed by atoms with Crippen molar-refractivity contribution in [3.8, 4) is 0 Å². The molecule has 2 fully saturated rings.